The SMILES string of the molecule is Nc1ncnc2c1ncn2[C@@H]1C=C(I)[C@H](CO)[C@H]1CO. The Morgan fingerprint density at radius 3 is 2.75 bits per heavy atom. The number of aliphatic hydroxyl groups is 2. The van der Waals surface area contributed by atoms with Gasteiger partial charge in [-0.1, -0.05) is 6.08 Å². The van der Waals surface area contributed by atoms with Gasteiger partial charge in [-0.25, -0.2) is 15.0 Å². The average molecular weight is 387 g/mol. The molecule has 0 aliphatic heterocycles. The first-order chi connectivity index (χ1) is 9.67. The van der Waals surface area contributed by atoms with E-state index in [1.54, 1.807) is 6.33 Å². The first-order valence-corrected chi connectivity index (χ1v) is 7.27. The Kier molecular flexibility index (Phi) is 3.61. The number of rotatable bonds is 3. The number of hydrogen-bond acceptors (Lipinski definition) is 6. The van der Waals surface area contributed by atoms with Crippen molar-refractivity contribution in [2.75, 3.05) is 18.9 Å². The van der Waals surface area contributed by atoms with E-state index < -0.39 is 0 Å². The van der Waals surface area contributed by atoms with Crippen molar-refractivity contribution in [2.24, 2.45) is 11.8 Å². The zero-order chi connectivity index (χ0) is 14.3. The van der Waals surface area contributed by atoms with Gasteiger partial charge in [0.25, 0.3) is 0 Å². The van der Waals surface area contributed by atoms with Crippen molar-refractivity contribution in [2.45, 2.75) is 6.04 Å². The van der Waals surface area contributed by atoms with Crippen LogP contribution < -0.4 is 5.73 Å². The number of fused-ring (bicyclic) bond motifs is 1. The predicted octanol–water partition coefficient (Wildman–Crippen LogP) is 0.499. The number of aromatic nitrogens is 4. The van der Waals surface area contributed by atoms with E-state index in [1.807, 2.05) is 10.6 Å². The molecule has 7 nitrogen and oxygen atoms in total. The Morgan fingerprint density at radius 2 is 2.05 bits per heavy atom. The van der Waals surface area contributed by atoms with Gasteiger partial charge < -0.3 is 20.5 Å². The van der Waals surface area contributed by atoms with E-state index in [9.17, 15) is 10.2 Å². The molecule has 1 aliphatic carbocycles. The van der Waals surface area contributed by atoms with E-state index in [1.165, 1.54) is 6.33 Å². The first kappa shape index (κ1) is 13.7. The highest BCUT2D eigenvalue weighted by Crippen LogP contribution is 2.42. The second-order valence-electron chi connectivity index (χ2n) is 4.76. The van der Waals surface area contributed by atoms with Gasteiger partial charge in [0.05, 0.1) is 19.0 Å². The quantitative estimate of drug-likeness (QED) is 0.662. The van der Waals surface area contributed by atoms with Crippen molar-refractivity contribution in [3.8, 4) is 0 Å². The summed E-state index contributed by atoms with van der Waals surface area (Å²) < 4.78 is 2.92. The summed E-state index contributed by atoms with van der Waals surface area (Å²) in [6.45, 7) is -0.000608. The highest BCUT2D eigenvalue weighted by molar-refractivity contribution is 14.1. The third-order valence-corrected chi connectivity index (χ3v) is 4.92. The molecule has 0 amide bonds. The van der Waals surface area contributed by atoms with Gasteiger partial charge in [-0.2, -0.15) is 0 Å². The van der Waals surface area contributed by atoms with Crippen LogP contribution in [0.4, 0.5) is 5.82 Å². The van der Waals surface area contributed by atoms with E-state index in [0.29, 0.717) is 17.0 Å². The van der Waals surface area contributed by atoms with Crippen LogP contribution in [0.1, 0.15) is 6.04 Å². The second kappa shape index (κ2) is 5.26. The third-order valence-electron chi connectivity index (χ3n) is 3.76. The summed E-state index contributed by atoms with van der Waals surface area (Å²) in [6, 6.07) is -0.0941. The molecule has 2 aromatic rings. The maximum atomic E-state index is 9.64. The number of imidazole rings is 1. The molecule has 3 atom stereocenters. The van der Waals surface area contributed by atoms with Gasteiger partial charge in [-0.05, 0) is 26.2 Å². The van der Waals surface area contributed by atoms with Gasteiger partial charge in [-0.3, -0.25) is 0 Å². The molecule has 20 heavy (non-hydrogen) atoms. The van der Waals surface area contributed by atoms with Gasteiger partial charge in [-0.15, -0.1) is 0 Å². The largest absolute Gasteiger partial charge is 0.396 e. The Bertz CT molecular complexity index is 671. The summed E-state index contributed by atoms with van der Waals surface area (Å²) >= 11 is 2.20. The lowest BCUT2D eigenvalue weighted by Crippen LogP contribution is -2.25. The number of allylic oxidation sites excluding steroid dienone is 1. The Balaban J connectivity index is 2.09. The van der Waals surface area contributed by atoms with Crippen molar-refractivity contribution in [3.63, 3.8) is 0 Å². The lowest BCUT2D eigenvalue weighted by atomic mass is 9.94. The highest BCUT2D eigenvalue weighted by atomic mass is 127. The molecule has 0 saturated carbocycles. The van der Waals surface area contributed by atoms with Crippen molar-refractivity contribution in [1.82, 2.24) is 19.5 Å². The van der Waals surface area contributed by atoms with E-state index >= 15 is 0 Å². The number of aliphatic hydroxyl groups excluding tert-OH is 2. The molecule has 0 radical (unpaired) electrons. The maximum absolute atomic E-state index is 9.64. The molecule has 8 heteroatoms. The van der Waals surface area contributed by atoms with Gasteiger partial charge >= 0.3 is 0 Å². The lowest BCUT2D eigenvalue weighted by Gasteiger charge is -2.23. The minimum absolute atomic E-state index is 0.0141. The molecule has 4 N–H and O–H groups in total. The minimum Gasteiger partial charge on any atom is -0.396 e. The molecule has 106 valence electrons. The number of nitrogens with zero attached hydrogens (tertiary/aromatic N) is 4. The summed E-state index contributed by atoms with van der Waals surface area (Å²) in [5.74, 6) is 0.187. The number of nitrogens with two attached hydrogens (primary N) is 1. The topological polar surface area (TPSA) is 110 Å². The summed E-state index contributed by atoms with van der Waals surface area (Å²) in [5, 5.41) is 19.1. The number of halogens is 1. The van der Waals surface area contributed by atoms with Crippen LogP contribution >= 0.6 is 22.6 Å². The van der Waals surface area contributed by atoms with Crippen molar-refractivity contribution in [1.29, 1.82) is 0 Å². The molecule has 2 heterocycles. The average Bonchev–Trinajstić information content (AvgIpc) is 2.99. The molecule has 3 rings (SSSR count). The Morgan fingerprint density at radius 1 is 1.25 bits per heavy atom. The van der Waals surface area contributed by atoms with Crippen molar-refractivity contribution < 1.29 is 10.2 Å². The van der Waals surface area contributed by atoms with E-state index in [0.717, 1.165) is 3.58 Å². The predicted molar refractivity (Wildman–Crippen MR) is 82.0 cm³/mol. The van der Waals surface area contributed by atoms with Crippen LogP contribution in [0.25, 0.3) is 11.2 Å². The maximum Gasteiger partial charge on any atom is 0.165 e. The molecule has 0 aromatic carbocycles. The molecular weight excluding hydrogens is 373 g/mol. The molecule has 0 spiro atoms. The third kappa shape index (κ3) is 1.98. The Hall–Kier alpha value is -1.26. The van der Waals surface area contributed by atoms with Crippen molar-refractivity contribution >= 4 is 39.6 Å². The fraction of sp³-hybridized carbons (Fsp3) is 0.417. The van der Waals surface area contributed by atoms with Crippen LogP contribution in [0, 0.1) is 11.8 Å². The number of hydrogen-bond donors (Lipinski definition) is 3. The van der Waals surface area contributed by atoms with E-state index in [-0.39, 0.29) is 31.1 Å². The monoisotopic (exact) mass is 387 g/mol. The van der Waals surface area contributed by atoms with Gasteiger partial charge in [0.1, 0.15) is 11.8 Å². The highest BCUT2D eigenvalue weighted by Gasteiger charge is 2.37. The summed E-state index contributed by atoms with van der Waals surface area (Å²) in [6.07, 6.45) is 5.09. The first-order valence-electron chi connectivity index (χ1n) is 6.19. The molecule has 0 bridgehead atoms. The smallest absolute Gasteiger partial charge is 0.165 e. The van der Waals surface area contributed by atoms with Crippen LogP contribution in [0.15, 0.2) is 22.3 Å². The zero-order valence-corrected chi connectivity index (χ0v) is 12.7. The van der Waals surface area contributed by atoms with Crippen LogP contribution in [0.5, 0.6) is 0 Å². The van der Waals surface area contributed by atoms with Crippen LogP contribution in [-0.4, -0.2) is 42.9 Å². The molecule has 0 fully saturated rings. The molecule has 2 aromatic heterocycles. The van der Waals surface area contributed by atoms with Gasteiger partial charge in [0.2, 0.25) is 0 Å². The zero-order valence-electron chi connectivity index (χ0n) is 10.5. The molecule has 0 unspecified atom stereocenters. The molecule has 0 saturated heterocycles. The van der Waals surface area contributed by atoms with Crippen LogP contribution in [-0.2, 0) is 0 Å². The molecule has 1 aliphatic rings. The fourth-order valence-electron chi connectivity index (χ4n) is 2.69. The molecular formula is C12H14IN5O2. The summed E-state index contributed by atoms with van der Waals surface area (Å²) in [7, 11) is 0. The fourth-order valence-corrected chi connectivity index (χ4v) is 3.71. The lowest BCUT2D eigenvalue weighted by molar-refractivity contribution is 0.131. The summed E-state index contributed by atoms with van der Waals surface area (Å²) in [5.41, 5.74) is 6.98. The number of anilines is 1. The van der Waals surface area contributed by atoms with Crippen molar-refractivity contribution in [3.05, 3.63) is 22.3 Å². The minimum atomic E-state index is -0.0968. The number of nitrogen functional groups attached to an aromatic ring is 1. The normalized spacial score (nSPS) is 26.1. The standard InChI is InChI=1S/C12H14IN5O2/c13-8-1-9(7(3-20)6(8)2-19)18-5-17-10-11(14)15-4-16-12(10)18/h1,4-7,9,19-20H,2-3H2,(H2,14,15,16)/t6-,7-,9-/m1/s1. The van der Waals surface area contributed by atoms with Crippen LogP contribution in [0.2, 0.25) is 0 Å². The Labute approximate surface area is 128 Å². The van der Waals surface area contributed by atoms with E-state index in [4.69, 9.17) is 5.73 Å². The van der Waals surface area contributed by atoms with E-state index in [2.05, 4.69) is 37.5 Å². The van der Waals surface area contributed by atoms with Gasteiger partial charge in [0.15, 0.2) is 11.5 Å². The second-order valence-corrected chi connectivity index (χ2v) is 6.01. The summed E-state index contributed by atoms with van der Waals surface area (Å²) in [4.78, 5) is 12.4. The van der Waals surface area contributed by atoms with Gasteiger partial charge in [0, 0.05) is 18.4 Å². The van der Waals surface area contributed by atoms with Crippen LogP contribution in [0.3, 0.4) is 0 Å².